The lowest BCUT2D eigenvalue weighted by Gasteiger charge is -2.01. The average molecular weight is 324 g/mol. The first kappa shape index (κ1) is 11.7. The van der Waals surface area contributed by atoms with Gasteiger partial charge in [0.05, 0.1) is 0 Å². The lowest BCUT2D eigenvalue weighted by molar-refractivity contribution is 0.620. The van der Waals surface area contributed by atoms with Gasteiger partial charge in [0.2, 0.25) is 5.89 Å². The van der Waals surface area contributed by atoms with Gasteiger partial charge in [0.1, 0.15) is 5.52 Å². The third kappa shape index (κ3) is 1.82. The van der Waals surface area contributed by atoms with E-state index < -0.39 is 0 Å². The fourth-order valence-corrected chi connectivity index (χ4v) is 2.78. The fraction of sp³-hybridized carbons (Fsp3) is 0. The molecule has 0 radical (unpaired) electrons. The Kier molecular flexibility index (Phi) is 2.60. The summed E-state index contributed by atoms with van der Waals surface area (Å²) in [7, 11) is 0. The van der Waals surface area contributed by atoms with Crippen LogP contribution in [0, 0.1) is 0 Å². The maximum Gasteiger partial charge on any atom is 0.227 e. The highest BCUT2D eigenvalue weighted by Gasteiger charge is 2.11. The SMILES string of the molecule is Brc1ccc2oc(-c3cccc4ccccc34)nc2c1. The predicted octanol–water partition coefficient (Wildman–Crippen LogP) is 5.41. The average Bonchev–Trinajstić information content (AvgIpc) is 2.89. The van der Waals surface area contributed by atoms with Crippen molar-refractivity contribution in [2.45, 2.75) is 0 Å². The van der Waals surface area contributed by atoms with Crippen LogP contribution in [0.4, 0.5) is 0 Å². The Morgan fingerprint density at radius 2 is 1.75 bits per heavy atom. The number of rotatable bonds is 1. The van der Waals surface area contributed by atoms with Crippen LogP contribution >= 0.6 is 15.9 Å². The van der Waals surface area contributed by atoms with E-state index in [1.54, 1.807) is 0 Å². The quantitative estimate of drug-likeness (QED) is 0.468. The summed E-state index contributed by atoms with van der Waals surface area (Å²) in [5, 5.41) is 2.34. The van der Waals surface area contributed by atoms with Crippen LogP contribution in [0.2, 0.25) is 0 Å². The highest BCUT2D eigenvalue weighted by molar-refractivity contribution is 9.10. The van der Waals surface area contributed by atoms with Gasteiger partial charge in [0, 0.05) is 10.0 Å². The molecule has 0 unspecified atom stereocenters. The van der Waals surface area contributed by atoms with E-state index >= 15 is 0 Å². The lowest BCUT2D eigenvalue weighted by atomic mass is 10.0. The summed E-state index contributed by atoms with van der Waals surface area (Å²) in [4.78, 5) is 4.60. The van der Waals surface area contributed by atoms with Crippen molar-refractivity contribution >= 4 is 37.8 Å². The summed E-state index contributed by atoms with van der Waals surface area (Å²) in [5.41, 5.74) is 2.69. The number of aromatic nitrogens is 1. The van der Waals surface area contributed by atoms with E-state index in [0.29, 0.717) is 5.89 Å². The Morgan fingerprint density at radius 3 is 2.70 bits per heavy atom. The van der Waals surface area contributed by atoms with Crippen molar-refractivity contribution in [2.75, 3.05) is 0 Å². The van der Waals surface area contributed by atoms with Gasteiger partial charge in [-0.1, -0.05) is 52.3 Å². The summed E-state index contributed by atoms with van der Waals surface area (Å²) in [5.74, 6) is 0.662. The summed E-state index contributed by atoms with van der Waals surface area (Å²) < 4.78 is 6.89. The standard InChI is InChI=1S/C17H10BrNO/c18-12-8-9-16-15(10-12)19-17(20-16)14-7-3-5-11-4-1-2-6-13(11)14/h1-10H. The van der Waals surface area contributed by atoms with Gasteiger partial charge in [-0.05, 0) is 35.0 Å². The molecular formula is C17H10BrNO. The minimum atomic E-state index is 0.662. The van der Waals surface area contributed by atoms with Crippen molar-refractivity contribution in [3.05, 3.63) is 65.1 Å². The van der Waals surface area contributed by atoms with E-state index in [9.17, 15) is 0 Å². The molecule has 0 N–H and O–H groups in total. The zero-order valence-corrected chi connectivity index (χ0v) is 12.1. The third-order valence-corrected chi connectivity index (χ3v) is 3.86. The van der Waals surface area contributed by atoms with Gasteiger partial charge < -0.3 is 4.42 Å². The second-order valence-electron chi connectivity index (χ2n) is 4.66. The molecule has 20 heavy (non-hydrogen) atoms. The molecule has 2 nitrogen and oxygen atoms in total. The first-order valence-electron chi connectivity index (χ1n) is 6.35. The Labute approximate surface area is 124 Å². The van der Waals surface area contributed by atoms with E-state index in [1.807, 2.05) is 42.5 Å². The molecule has 3 heteroatoms. The summed E-state index contributed by atoms with van der Waals surface area (Å²) in [6.45, 7) is 0. The van der Waals surface area contributed by atoms with Crippen LogP contribution in [0.25, 0.3) is 33.3 Å². The Morgan fingerprint density at radius 1 is 0.900 bits per heavy atom. The van der Waals surface area contributed by atoms with Gasteiger partial charge in [0.15, 0.2) is 5.58 Å². The minimum absolute atomic E-state index is 0.662. The summed E-state index contributed by atoms with van der Waals surface area (Å²) >= 11 is 3.46. The molecule has 0 saturated heterocycles. The fourth-order valence-electron chi connectivity index (χ4n) is 2.43. The van der Waals surface area contributed by atoms with Crippen molar-refractivity contribution in [1.29, 1.82) is 0 Å². The molecule has 0 bridgehead atoms. The summed E-state index contributed by atoms with van der Waals surface area (Å²) in [6.07, 6.45) is 0. The van der Waals surface area contributed by atoms with E-state index in [1.165, 1.54) is 5.39 Å². The molecule has 0 fully saturated rings. The van der Waals surface area contributed by atoms with Crippen LogP contribution in [0.15, 0.2) is 69.6 Å². The zero-order chi connectivity index (χ0) is 13.5. The van der Waals surface area contributed by atoms with Crippen molar-refractivity contribution in [3.63, 3.8) is 0 Å². The molecule has 96 valence electrons. The number of hydrogen-bond acceptors (Lipinski definition) is 2. The number of nitrogens with zero attached hydrogens (tertiary/aromatic N) is 1. The topological polar surface area (TPSA) is 26.0 Å². The lowest BCUT2D eigenvalue weighted by Crippen LogP contribution is -1.80. The Balaban J connectivity index is 2.01. The van der Waals surface area contributed by atoms with Crippen molar-refractivity contribution in [3.8, 4) is 11.5 Å². The molecule has 0 aliphatic rings. The smallest absolute Gasteiger partial charge is 0.227 e. The minimum Gasteiger partial charge on any atom is -0.436 e. The van der Waals surface area contributed by atoms with Crippen LogP contribution in [0.3, 0.4) is 0 Å². The molecule has 1 heterocycles. The zero-order valence-electron chi connectivity index (χ0n) is 10.5. The van der Waals surface area contributed by atoms with Gasteiger partial charge in [0.25, 0.3) is 0 Å². The molecule has 4 aromatic rings. The van der Waals surface area contributed by atoms with E-state index in [0.717, 1.165) is 26.5 Å². The predicted molar refractivity (Wildman–Crippen MR) is 84.7 cm³/mol. The molecule has 0 spiro atoms. The maximum absolute atomic E-state index is 5.89. The van der Waals surface area contributed by atoms with Gasteiger partial charge >= 0.3 is 0 Å². The molecule has 0 atom stereocenters. The van der Waals surface area contributed by atoms with E-state index in [4.69, 9.17) is 4.42 Å². The van der Waals surface area contributed by atoms with Gasteiger partial charge in [-0.25, -0.2) is 4.98 Å². The molecule has 0 saturated carbocycles. The van der Waals surface area contributed by atoms with Gasteiger partial charge in [-0.15, -0.1) is 0 Å². The van der Waals surface area contributed by atoms with Crippen LogP contribution in [-0.4, -0.2) is 4.98 Å². The van der Waals surface area contributed by atoms with Crippen molar-refractivity contribution < 1.29 is 4.42 Å². The number of oxazole rings is 1. The normalized spacial score (nSPS) is 11.2. The second kappa shape index (κ2) is 4.46. The molecule has 0 aliphatic carbocycles. The number of hydrogen-bond donors (Lipinski definition) is 0. The first-order valence-corrected chi connectivity index (χ1v) is 7.15. The van der Waals surface area contributed by atoms with Crippen LogP contribution in [0.1, 0.15) is 0 Å². The Bertz CT molecular complexity index is 921. The highest BCUT2D eigenvalue weighted by Crippen LogP contribution is 2.31. The molecule has 3 aromatic carbocycles. The van der Waals surface area contributed by atoms with Crippen LogP contribution in [-0.2, 0) is 0 Å². The monoisotopic (exact) mass is 323 g/mol. The van der Waals surface area contributed by atoms with Gasteiger partial charge in [-0.2, -0.15) is 0 Å². The van der Waals surface area contributed by atoms with Crippen molar-refractivity contribution in [1.82, 2.24) is 4.98 Å². The Hall–Kier alpha value is -2.13. The first-order chi connectivity index (χ1) is 9.81. The van der Waals surface area contributed by atoms with Crippen LogP contribution in [0.5, 0.6) is 0 Å². The second-order valence-corrected chi connectivity index (χ2v) is 5.57. The molecule has 0 amide bonds. The maximum atomic E-state index is 5.89. The van der Waals surface area contributed by atoms with Gasteiger partial charge in [-0.3, -0.25) is 0 Å². The molecule has 4 rings (SSSR count). The third-order valence-electron chi connectivity index (χ3n) is 3.37. The van der Waals surface area contributed by atoms with Crippen molar-refractivity contribution in [2.24, 2.45) is 0 Å². The number of benzene rings is 3. The highest BCUT2D eigenvalue weighted by atomic mass is 79.9. The largest absolute Gasteiger partial charge is 0.436 e. The van der Waals surface area contributed by atoms with E-state index in [-0.39, 0.29) is 0 Å². The number of halogens is 1. The number of fused-ring (bicyclic) bond motifs is 2. The molecular weight excluding hydrogens is 314 g/mol. The molecule has 0 aliphatic heterocycles. The van der Waals surface area contributed by atoms with Crippen LogP contribution < -0.4 is 0 Å². The molecule has 1 aromatic heterocycles. The summed E-state index contributed by atoms with van der Waals surface area (Å²) in [6, 6.07) is 20.3. The van der Waals surface area contributed by atoms with E-state index in [2.05, 4.69) is 39.1 Å².